The molecule has 0 radical (unpaired) electrons. The van der Waals surface area contributed by atoms with Crippen LogP contribution in [0.25, 0.3) is 0 Å². The summed E-state index contributed by atoms with van der Waals surface area (Å²) in [6.07, 6.45) is -3.26. The van der Waals surface area contributed by atoms with Gasteiger partial charge in [-0.1, -0.05) is 31.4 Å². The van der Waals surface area contributed by atoms with Crippen molar-refractivity contribution in [2.45, 2.75) is 44.2 Å². The molecule has 3 nitrogen and oxygen atoms in total. The summed E-state index contributed by atoms with van der Waals surface area (Å²) in [5.41, 5.74) is -1.78. The van der Waals surface area contributed by atoms with Gasteiger partial charge in [-0.2, -0.15) is 13.2 Å². The quantitative estimate of drug-likeness (QED) is 0.743. The normalized spacial score (nSPS) is 26.2. The Morgan fingerprint density at radius 1 is 1.40 bits per heavy atom. The van der Waals surface area contributed by atoms with E-state index in [9.17, 15) is 18.0 Å². The molecule has 0 saturated carbocycles. The first-order chi connectivity index (χ1) is 11.7. The number of carbonyl (C=O) groups is 1. The highest BCUT2D eigenvalue weighted by Crippen LogP contribution is 2.57. The summed E-state index contributed by atoms with van der Waals surface area (Å²) in [6.45, 7) is 2.16. The molecule has 136 valence electrons. The predicted molar refractivity (Wildman–Crippen MR) is 91.5 cm³/mol. The lowest BCUT2D eigenvalue weighted by atomic mass is 9.61. The zero-order chi connectivity index (χ0) is 18.4. The van der Waals surface area contributed by atoms with Gasteiger partial charge in [0, 0.05) is 24.5 Å². The van der Waals surface area contributed by atoms with Gasteiger partial charge in [0.1, 0.15) is 11.1 Å². The van der Waals surface area contributed by atoms with Crippen LogP contribution in [0.15, 0.2) is 23.2 Å². The molecule has 2 aliphatic rings. The smallest absolute Gasteiger partial charge is 0.341 e. The number of rotatable bonds is 3. The van der Waals surface area contributed by atoms with Crippen LogP contribution in [0.1, 0.15) is 38.2 Å². The summed E-state index contributed by atoms with van der Waals surface area (Å²) in [5.74, 6) is -1.38. The van der Waals surface area contributed by atoms with Crippen LogP contribution >= 0.6 is 11.6 Å². The van der Waals surface area contributed by atoms with Crippen LogP contribution in [0.4, 0.5) is 18.9 Å². The second-order valence-corrected chi connectivity index (χ2v) is 7.24. The lowest BCUT2D eigenvalue weighted by Crippen LogP contribution is -2.58. The first-order valence-electron chi connectivity index (χ1n) is 8.43. The maximum atomic E-state index is 14.5. The SMILES string of the molecule is CCCCC1(C(F)(F)F)c2cc(Cl)ccc2N=C2C(=O)N(C)CCC21. The minimum Gasteiger partial charge on any atom is -0.341 e. The molecule has 2 aliphatic heterocycles. The number of halogens is 4. The molecule has 0 spiro atoms. The molecule has 2 atom stereocenters. The Balaban J connectivity index is 2.29. The third-order valence-electron chi connectivity index (χ3n) is 5.35. The van der Waals surface area contributed by atoms with Gasteiger partial charge in [-0.3, -0.25) is 4.79 Å². The maximum Gasteiger partial charge on any atom is 0.399 e. The van der Waals surface area contributed by atoms with Crippen LogP contribution < -0.4 is 0 Å². The Labute approximate surface area is 149 Å². The number of unbranched alkanes of at least 4 members (excludes halogenated alkanes) is 1. The fourth-order valence-electron chi connectivity index (χ4n) is 4.05. The Hall–Kier alpha value is -1.56. The van der Waals surface area contributed by atoms with Gasteiger partial charge in [0.2, 0.25) is 0 Å². The van der Waals surface area contributed by atoms with E-state index >= 15 is 0 Å². The largest absolute Gasteiger partial charge is 0.399 e. The van der Waals surface area contributed by atoms with Crippen molar-refractivity contribution in [2.24, 2.45) is 10.9 Å². The van der Waals surface area contributed by atoms with E-state index in [0.717, 1.165) is 0 Å². The summed E-state index contributed by atoms with van der Waals surface area (Å²) < 4.78 is 43.5. The van der Waals surface area contributed by atoms with Gasteiger partial charge in [-0.25, -0.2) is 4.99 Å². The van der Waals surface area contributed by atoms with Crippen molar-refractivity contribution in [1.82, 2.24) is 4.90 Å². The first-order valence-corrected chi connectivity index (χ1v) is 8.81. The summed E-state index contributed by atoms with van der Waals surface area (Å²) >= 11 is 6.02. The number of likely N-dealkylation sites (tertiary alicyclic amines) is 1. The van der Waals surface area contributed by atoms with Gasteiger partial charge >= 0.3 is 6.18 Å². The first kappa shape index (κ1) is 18.2. The molecule has 1 aromatic rings. The molecule has 1 fully saturated rings. The minimum absolute atomic E-state index is 0.0250. The minimum atomic E-state index is -4.50. The zero-order valence-electron chi connectivity index (χ0n) is 14.2. The monoisotopic (exact) mass is 372 g/mol. The number of alkyl halides is 3. The number of piperidine rings is 1. The highest BCUT2D eigenvalue weighted by molar-refractivity contribution is 6.41. The summed E-state index contributed by atoms with van der Waals surface area (Å²) in [7, 11) is 1.60. The molecule has 25 heavy (non-hydrogen) atoms. The van der Waals surface area contributed by atoms with Crippen LogP contribution in [0, 0.1) is 5.92 Å². The number of nitrogens with zero attached hydrogens (tertiary/aromatic N) is 2. The zero-order valence-corrected chi connectivity index (χ0v) is 14.9. The number of hydrogen-bond donors (Lipinski definition) is 0. The van der Waals surface area contributed by atoms with Crippen molar-refractivity contribution in [3.05, 3.63) is 28.8 Å². The fraction of sp³-hybridized carbons (Fsp3) is 0.556. The number of fused-ring (bicyclic) bond motifs is 2. The van der Waals surface area contributed by atoms with E-state index in [1.165, 1.54) is 23.1 Å². The van der Waals surface area contributed by atoms with E-state index in [1.807, 2.05) is 6.92 Å². The van der Waals surface area contributed by atoms with E-state index in [2.05, 4.69) is 4.99 Å². The second kappa shape index (κ2) is 6.31. The third kappa shape index (κ3) is 2.75. The van der Waals surface area contributed by atoms with Gasteiger partial charge in [0.05, 0.1) is 5.69 Å². The number of amides is 1. The Bertz CT molecular complexity index is 732. The molecular weight excluding hydrogens is 353 g/mol. The van der Waals surface area contributed by atoms with Crippen LogP contribution in [0.2, 0.25) is 5.02 Å². The van der Waals surface area contributed by atoms with Crippen molar-refractivity contribution in [3.63, 3.8) is 0 Å². The van der Waals surface area contributed by atoms with E-state index in [1.54, 1.807) is 7.05 Å². The fourth-order valence-corrected chi connectivity index (χ4v) is 4.22. The van der Waals surface area contributed by atoms with Gasteiger partial charge < -0.3 is 4.90 Å². The standard InChI is InChI=1S/C18H20ClF3N2O/c1-3-4-8-17(18(20,21)22)12-7-9-24(2)16(25)15(12)23-14-6-5-11(19)10-13(14)17/h5-6,10,12H,3-4,7-9H2,1-2H3. The Morgan fingerprint density at radius 2 is 2.12 bits per heavy atom. The molecule has 0 bridgehead atoms. The molecule has 0 aromatic heterocycles. The molecule has 3 rings (SSSR count). The molecule has 1 aromatic carbocycles. The van der Waals surface area contributed by atoms with Crippen LogP contribution in [-0.4, -0.2) is 36.3 Å². The second-order valence-electron chi connectivity index (χ2n) is 6.80. The number of aliphatic imine (C=N–C) groups is 1. The van der Waals surface area contributed by atoms with Crippen LogP contribution in [-0.2, 0) is 10.2 Å². The average molecular weight is 373 g/mol. The lowest BCUT2D eigenvalue weighted by Gasteiger charge is -2.48. The van der Waals surface area contributed by atoms with E-state index in [0.29, 0.717) is 19.4 Å². The highest BCUT2D eigenvalue weighted by atomic mass is 35.5. The predicted octanol–water partition coefficient (Wildman–Crippen LogP) is 4.89. The Morgan fingerprint density at radius 3 is 2.76 bits per heavy atom. The molecule has 1 amide bonds. The maximum absolute atomic E-state index is 14.5. The molecule has 0 N–H and O–H groups in total. The van der Waals surface area contributed by atoms with Crippen molar-refractivity contribution >= 4 is 28.9 Å². The van der Waals surface area contributed by atoms with Crippen molar-refractivity contribution in [1.29, 1.82) is 0 Å². The van der Waals surface area contributed by atoms with Crippen LogP contribution in [0.5, 0.6) is 0 Å². The number of carbonyl (C=O) groups excluding carboxylic acids is 1. The summed E-state index contributed by atoms with van der Waals surface area (Å²) in [6, 6.07) is 4.38. The Kier molecular flexibility index (Phi) is 4.60. The van der Waals surface area contributed by atoms with Gasteiger partial charge in [0.15, 0.2) is 0 Å². The average Bonchev–Trinajstić information content (AvgIpc) is 2.54. The summed E-state index contributed by atoms with van der Waals surface area (Å²) in [5, 5.41) is 0.252. The highest BCUT2D eigenvalue weighted by Gasteiger charge is 2.64. The number of hydrogen-bond acceptors (Lipinski definition) is 2. The van der Waals surface area contributed by atoms with Crippen molar-refractivity contribution in [2.75, 3.05) is 13.6 Å². The van der Waals surface area contributed by atoms with Crippen molar-refractivity contribution in [3.8, 4) is 0 Å². The van der Waals surface area contributed by atoms with Crippen LogP contribution in [0.3, 0.4) is 0 Å². The van der Waals surface area contributed by atoms with Gasteiger partial charge in [-0.05, 0) is 36.6 Å². The molecule has 0 aliphatic carbocycles. The topological polar surface area (TPSA) is 32.7 Å². The molecule has 1 saturated heterocycles. The molecule has 2 heterocycles. The number of benzene rings is 1. The lowest BCUT2D eigenvalue weighted by molar-refractivity contribution is -0.205. The third-order valence-corrected chi connectivity index (χ3v) is 5.59. The van der Waals surface area contributed by atoms with E-state index in [-0.39, 0.29) is 34.8 Å². The van der Waals surface area contributed by atoms with Gasteiger partial charge in [0.25, 0.3) is 5.91 Å². The molecular formula is C18H20ClF3N2O. The molecule has 7 heteroatoms. The van der Waals surface area contributed by atoms with Gasteiger partial charge in [-0.15, -0.1) is 0 Å². The van der Waals surface area contributed by atoms with Crippen molar-refractivity contribution < 1.29 is 18.0 Å². The summed E-state index contributed by atoms with van der Waals surface area (Å²) in [4.78, 5) is 18.3. The van der Waals surface area contributed by atoms with E-state index < -0.39 is 23.4 Å². The van der Waals surface area contributed by atoms with E-state index in [4.69, 9.17) is 11.6 Å². The molecule has 2 unspecified atom stereocenters.